The second-order valence-electron chi connectivity index (χ2n) is 2.87. The molecule has 0 unspecified atom stereocenters. The molecule has 0 spiro atoms. The Morgan fingerprint density at radius 3 is 2.62 bits per heavy atom. The Bertz CT molecular complexity index is 398. The summed E-state index contributed by atoms with van der Waals surface area (Å²) in [6, 6.07) is 3.25. The molecule has 16 heavy (non-hydrogen) atoms. The standard InChI is InChI=1S/C10H11BrClNO3/c1-15-6-3-7(12)10(8(4-6)16-2)13-9(14)5-11/h3-4H,5H2,1-2H3,(H,13,14). The predicted octanol–water partition coefficient (Wildman–Crippen LogP) is 2.69. The van der Waals surface area contributed by atoms with E-state index in [9.17, 15) is 4.79 Å². The van der Waals surface area contributed by atoms with Gasteiger partial charge in [-0.1, -0.05) is 27.5 Å². The van der Waals surface area contributed by atoms with E-state index in [2.05, 4.69) is 21.2 Å². The first-order valence-corrected chi connectivity index (χ1v) is 5.89. The fraction of sp³-hybridized carbons (Fsp3) is 0.300. The Kier molecular flexibility index (Phi) is 4.89. The number of nitrogens with one attached hydrogen (secondary N) is 1. The molecular formula is C10H11BrClNO3. The van der Waals surface area contributed by atoms with Crippen LogP contribution in [0.5, 0.6) is 11.5 Å². The lowest BCUT2D eigenvalue weighted by atomic mass is 10.2. The van der Waals surface area contributed by atoms with E-state index in [1.165, 1.54) is 14.2 Å². The van der Waals surface area contributed by atoms with Crippen molar-refractivity contribution in [3.05, 3.63) is 17.2 Å². The van der Waals surface area contributed by atoms with Crippen molar-refractivity contribution in [2.24, 2.45) is 0 Å². The average Bonchev–Trinajstić information content (AvgIpc) is 2.30. The number of anilines is 1. The summed E-state index contributed by atoms with van der Waals surface area (Å²) in [5.41, 5.74) is 0.439. The molecule has 0 aliphatic heterocycles. The molecule has 0 bridgehead atoms. The van der Waals surface area contributed by atoms with Gasteiger partial charge in [-0.2, -0.15) is 0 Å². The molecule has 1 amide bonds. The van der Waals surface area contributed by atoms with Crippen molar-refractivity contribution >= 4 is 39.1 Å². The average molecular weight is 309 g/mol. The van der Waals surface area contributed by atoms with Gasteiger partial charge >= 0.3 is 0 Å². The molecule has 0 fully saturated rings. The van der Waals surface area contributed by atoms with Crippen molar-refractivity contribution in [1.82, 2.24) is 0 Å². The topological polar surface area (TPSA) is 47.6 Å². The van der Waals surface area contributed by atoms with Gasteiger partial charge in [0.25, 0.3) is 0 Å². The minimum atomic E-state index is -0.203. The molecule has 0 aliphatic rings. The maximum atomic E-state index is 11.3. The highest BCUT2D eigenvalue weighted by Crippen LogP contribution is 2.36. The Balaban J connectivity index is 3.11. The van der Waals surface area contributed by atoms with E-state index in [0.29, 0.717) is 22.2 Å². The third kappa shape index (κ3) is 3.02. The summed E-state index contributed by atoms with van der Waals surface area (Å²) in [6.45, 7) is 0. The van der Waals surface area contributed by atoms with Crippen LogP contribution < -0.4 is 14.8 Å². The van der Waals surface area contributed by atoms with Gasteiger partial charge in [0.1, 0.15) is 17.2 Å². The van der Waals surface area contributed by atoms with Crippen molar-refractivity contribution in [3.63, 3.8) is 0 Å². The van der Waals surface area contributed by atoms with Gasteiger partial charge in [0.2, 0.25) is 5.91 Å². The van der Waals surface area contributed by atoms with Gasteiger partial charge in [0, 0.05) is 12.1 Å². The quantitative estimate of drug-likeness (QED) is 0.870. The van der Waals surface area contributed by atoms with Gasteiger partial charge in [-0.15, -0.1) is 0 Å². The summed E-state index contributed by atoms with van der Waals surface area (Å²) in [5.74, 6) is 0.822. The van der Waals surface area contributed by atoms with Gasteiger partial charge in [-0.3, -0.25) is 4.79 Å². The number of carbonyl (C=O) groups excluding carboxylic acids is 1. The van der Waals surface area contributed by atoms with E-state index in [0.717, 1.165) is 0 Å². The van der Waals surface area contributed by atoms with Crippen molar-refractivity contribution < 1.29 is 14.3 Å². The van der Waals surface area contributed by atoms with Crippen molar-refractivity contribution in [2.75, 3.05) is 24.9 Å². The van der Waals surface area contributed by atoms with Crippen molar-refractivity contribution in [1.29, 1.82) is 0 Å². The van der Waals surface area contributed by atoms with E-state index in [4.69, 9.17) is 21.1 Å². The zero-order valence-electron chi connectivity index (χ0n) is 8.84. The van der Waals surface area contributed by atoms with Crippen LogP contribution in [-0.2, 0) is 4.79 Å². The molecule has 0 aliphatic carbocycles. The maximum absolute atomic E-state index is 11.3. The number of carbonyl (C=O) groups is 1. The third-order valence-corrected chi connectivity index (χ3v) is 2.68. The van der Waals surface area contributed by atoms with Gasteiger partial charge in [-0.25, -0.2) is 0 Å². The normalized spacial score (nSPS) is 9.75. The van der Waals surface area contributed by atoms with Crippen LogP contribution in [0.4, 0.5) is 5.69 Å². The van der Waals surface area contributed by atoms with E-state index in [1.54, 1.807) is 12.1 Å². The second kappa shape index (κ2) is 5.96. The molecule has 88 valence electrons. The Hall–Kier alpha value is -0.940. The van der Waals surface area contributed by atoms with Crippen LogP contribution in [-0.4, -0.2) is 25.5 Å². The van der Waals surface area contributed by atoms with E-state index < -0.39 is 0 Å². The molecule has 0 aromatic heterocycles. The number of halogens is 2. The number of amides is 1. The van der Waals surface area contributed by atoms with Crippen LogP contribution in [0.25, 0.3) is 0 Å². The summed E-state index contributed by atoms with van der Waals surface area (Å²) in [6.07, 6.45) is 0. The minimum Gasteiger partial charge on any atom is -0.497 e. The number of ether oxygens (including phenoxy) is 2. The fourth-order valence-corrected chi connectivity index (χ4v) is 1.52. The van der Waals surface area contributed by atoms with Crippen molar-refractivity contribution in [3.8, 4) is 11.5 Å². The van der Waals surface area contributed by atoms with Crippen LogP contribution in [0.2, 0.25) is 5.02 Å². The molecule has 1 N–H and O–H groups in total. The molecule has 4 nitrogen and oxygen atoms in total. The lowest BCUT2D eigenvalue weighted by molar-refractivity contribution is -0.113. The summed E-state index contributed by atoms with van der Waals surface area (Å²) in [5, 5.41) is 3.19. The zero-order chi connectivity index (χ0) is 12.1. The van der Waals surface area contributed by atoms with Gasteiger partial charge < -0.3 is 14.8 Å². The van der Waals surface area contributed by atoms with Crippen molar-refractivity contribution in [2.45, 2.75) is 0 Å². The number of hydrogen-bond acceptors (Lipinski definition) is 3. The first kappa shape index (κ1) is 13.1. The van der Waals surface area contributed by atoms with Gasteiger partial charge in [0.15, 0.2) is 0 Å². The number of methoxy groups -OCH3 is 2. The first-order chi connectivity index (χ1) is 7.62. The van der Waals surface area contributed by atoms with E-state index in [-0.39, 0.29) is 11.2 Å². The molecular weight excluding hydrogens is 297 g/mol. The molecule has 0 saturated carbocycles. The van der Waals surface area contributed by atoms with Crippen LogP contribution in [0.1, 0.15) is 0 Å². The summed E-state index contributed by atoms with van der Waals surface area (Å²) < 4.78 is 10.2. The van der Waals surface area contributed by atoms with Crippen LogP contribution in [0.15, 0.2) is 12.1 Å². The first-order valence-electron chi connectivity index (χ1n) is 4.39. The van der Waals surface area contributed by atoms with Crippen LogP contribution in [0, 0.1) is 0 Å². The number of hydrogen-bond donors (Lipinski definition) is 1. The highest BCUT2D eigenvalue weighted by atomic mass is 79.9. The Morgan fingerprint density at radius 2 is 2.12 bits per heavy atom. The molecule has 0 heterocycles. The molecule has 0 radical (unpaired) electrons. The lowest BCUT2D eigenvalue weighted by Crippen LogP contribution is -2.13. The SMILES string of the molecule is COc1cc(Cl)c(NC(=O)CBr)c(OC)c1. The summed E-state index contributed by atoms with van der Waals surface area (Å²) in [7, 11) is 3.02. The van der Waals surface area contributed by atoms with E-state index >= 15 is 0 Å². The summed E-state index contributed by atoms with van der Waals surface area (Å²) >= 11 is 9.05. The second-order valence-corrected chi connectivity index (χ2v) is 3.84. The Labute approximate surface area is 107 Å². The fourth-order valence-electron chi connectivity index (χ4n) is 1.13. The highest BCUT2D eigenvalue weighted by Gasteiger charge is 2.13. The molecule has 1 aromatic carbocycles. The third-order valence-electron chi connectivity index (χ3n) is 1.87. The van der Waals surface area contributed by atoms with Gasteiger partial charge in [0.05, 0.1) is 24.6 Å². The molecule has 0 saturated heterocycles. The Morgan fingerprint density at radius 1 is 1.44 bits per heavy atom. The highest BCUT2D eigenvalue weighted by molar-refractivity contribution is 9.09. The molecule has 6 heteroatoms. The summed E-state index contributed by atoms with van der Waals surface area (Å²) in [4.78, 5) is 11.3. The van der Waals surface area contributed by atoms with Crippen LogP contribution >= 0.6 is 27.5 Å². The number of rotatable bonds is 4. The number of alkyl halides is 1. The monoisotopic (exact) mass is 307 g/mol. The molecule has 1 rings (SSSR count). The smallest absolute Gasteiger partial charge is 0.235 e. The predicted molar refractivity (Wildman–Crippen MR) is 67.0 cm³/mol. The zero-order valence-corrected chi connectivity index (χ0v) is 11.2. The molecule has 1 aromatic rings. The van der Waals surface area contributed by atoms with Gasteiger partial charge in [-0.05, 0) is 0 Å². The number of benzene rings is 1. The minimum absolute atomic E-state index is 0.193. The lowest BCUT2D eigenvalue weighted by Gasteiger charge is -2.12. The maximum Gasteiger partial charge on any atom is 0.235 e. The largest absolute Gasteiger partial charge is 0.497 e. The van der Waals surface area contributed by atoms with E-state index in [1.807, 2.05) is 0 Å². The molecule has 0 atom stereocenters. The van der Waals surface area contributed by atoms with Crippen LogP contribution in [0.3, 0.4) is 0 Å².